The molecule has 2 rings (SSSR count). The van der Waals surface area contributed by atoms with Gasteiger partial charge in [-0.2, -0.15) is 13.2 Å². The lowest BCUT2D eigenvalue weighted by molar-refractivity contribution is -0.153. The van der Waals surface area contributed by atoms with Crippen molar-refractivity contribution >= 4 is 21.6 Å². The summed E-state index contributed by atoms with van der Waals surface area (Å²) in [6, 6.07) is 1.61. The quantitative estimate of drug-likeness (QED) is 0.833. The average Bonchev–Trinajstić information content (AvgIpc) is 2.90. The molecule has 0 saturated heterocycles. The van der Waals surface area contributed by atoms with E-state index < -0.39 is 12.8 Å². The second kappa shape index (κ2) is 6.99. The number of nitrogens with zero attached hydrogens (tertiary/aromatic N) is 3. The van der Waals surface area contributed by atoms with Crippen LogP contribution in [-0.4, -0.2) is 27.3 Å². The van der Waals surface area contributed by atoms with Gasteiger partial charge in [0.05, 0.1) is 12.2 Å². The molecule has 120 valence electrons. The van der Waals surface area contributed by atoms with Gasteiger partial charge >= 0.3 is 6.18 Å². The third-order valence-electron chi connectivity index (χ3n) is 2.77. The maximum Gasteiger partial charge on any atom is 0.422 e. The zero-order chi connectivity index (χ0) is 16.2. The van der Waals surface area contributed by atoms with Crippen LogP contribution in [0.1, 0.15) is 12.7 Å². The molecule has 0 saturated carbocycles. The standard InChI is InChI=1S/C13H14BrF3N4O/c1-2-21-4-3-18-11(21)7-19-10-5-9(14)6-20-12(10)22-8-13(15,16)17/h3-6,19H,2,7-8H2,1H3. The van der Waals surface area contributed by atoms with Crippen LogP contribution in [0.5, 0.6) is 5.88 Å². The molecule has 2 aromatic heterocycles. The average molecular weight is 379 g/mol. The maximum atomic E-state index is 12.3. The number of imidazole rings is 1. The largest absolute Gasteiger partial charge is 0.467 e. The number of hydrogen-bond donors (Lipinski definition) is 1. The van der Waals surface area contributed by atoms with Gasteiger partial charge in [-0.1, -0.05) is 0 Å². The van der Waals surface area contributed by atoms with Gasteiger partial charge in [-0.05, 0) is 28.9 Å². The lowest BCUT2D eigenvalue weighted by Gasteiger charge is -2.14. The molecule has 0 radical (unpaired) electrons. The van der Waals surface area contributed by atoms with Crippen LogP contribution in [0.25, 0.3) is 0 Å². The summed E-state index contributed by atoms with van der Waals surface area (Å²) < 4.78 is 44.1. The third kappa shape index (κ3) is 4.62. The number of alkyl halides is 3. The predicted molar refractivity (Wildman–Crippen MR) is 78.7 cm³/mol. The van der Waals surface area contributed by atoms with Crippen LogP contribution >= 0.6 is 15.9 Å². The zero-order valence-corrected chi connectivity index (χ0v) is 13.3. The van der Waals surface area contributed by atoms with E-state index in [2.05, 4.69) is 31.2 Å². The molecule has 5 nitrogen and oxygen atoms in total. The van der Waals surface area contributed by atoms with Gasteiger partial charge in [-0.25, -0.2) is 9.97 Å². The third-order valence-corrected chi connectivity index (χ3v) is 3.20. The predicted octanol–water partition coefficient (Wildman–Crippen LogP) is 3.61. The SMILES string of the molecule is CCn1ccnc1CNc1cc(Br)cnc1OCC(F)(F)F. The molecule has 0 atom stereocenters. The number of nitrogens with one attached hydrogen (secondary N) is 1. The molecule has 0 aliphatic heterocycles. The summed E-state index contributed by atoms with van der Waals surface area (Å²) in [5.74, 6) is 0.666. The number of pyridine rings is 1. The molecule has 9 heteroatoms. The Hall–Kier alpha value is -1.77. The summed E-state index contributed by atoms with van der Waals surface area (Å²) in [7, 11) is 0. The van der Waals surface area contributed by atoms with Crippen LogP contribution in [0.3, 0.4) is 0 Å². The highest BCUT2D eigenvalue weighted by Crippen LogP contribution is 2.27. The second-order valence-electron chi connectivity index (χ2n) is 4.39. The van der Waals surface area contributed by atoms with Gasteiger partial charge in [0.25, 0.3) is 0 Å². The van der Waals surface area contributed by atoms with Crippen molar-refractivity contribution in [3.05, 3.63) is 35.0 Å². The molecule has 0 aromatic carbocycles. The molecule has 2 heterocycles. The fourth-order valence-electron chi connectivity index (χ4n) is 1.79. The molecule has 1 N–H and O–H groups in total. The summed E-state index contributed by atoms with van der Waals surface area (Å²) in [5.41, 5.74) is 0.365. The monoisotopic (exact) mass is 378 g/mol. The van der Waals surface area contributed by atoms with Crippen LogP contribution in [0.2, 0.25) is 0 Å². The Balaban J connectivity index is 2.10. The Morgan fingerprint density at radius 1 is 1.36 bits per heavy atom. The first-order valence-corrected chi connectivity index (χ1v) is 7.27. The smallest absolute Gasteiger partial charge is 0.422 e. The molecule has 2 aromatic rings. The van der Waals surface area contributed by atoms with E-state index in [1.54, 1.807) is 12.3 Å². The Labute approximate surface area is 133 Å². The van der Waals surface area contributed by atoms with E-state index in [9.17, 15) is 13.2 Å². The van der Waals surface area contributed by atoms with Crippen molar-refractivity contribution in [2.75, 3.05) is 11.9 Å². The van der Waals surface area contributed by atoms with Crippen molar-refractivity contribution in [3.63, 3.8) is 0 Å². The number of aryl methyl sites for hydroxylation is 1. The molecule has 0 unspecified atom stereocenters. The van der Waals surface area contributed by atoms with Crippen LogP contribution in [-0.2, 0) is 13.1 Å². The fraction of sp³-hybridized carbons (Fsp3) is 0.385. The van der Waals surface area contributed by atoms with E-state index in [0.29, 0.717) is 16.7 Å². The second-order valence-corrected chi connectivity index (χ2v) is 5.31. The lowest BCUT2D eigenvalue weighted by atomic mass is 10.4. The number of halogens is 4. The first-order valence-electron chi connectivity index (χ1n) is 6.48. The summed E-state index contributed by atoms with van der Waals surface area (Å²) in [5, 5.41) is 3.00. The highest BCUT2D eigenvalue weighted by atomic mass is 79.9. The van der Waals surface area contributed by atoms with Crippen molar-refractivity contribution in [2.24, 2.45) is 0 Å². The highest BCUT2D eigenvalue weighted by molar-refractivity contribution is 9.10. The maximum absolute atomic E-state index is 12.3. The summed E-state index contributed by atoms with van der Waals surface area (Å²) >= 11 is 3.23. The van der Waals surface area contributed by atoms with E-state index in [4.69, 9.17) is 4.74 Å². The molecular weight excluding hydrogens is 365 g/mol. The van der Waals surface area contributed by atoms with E-state index >= 15 is 0 Å². The Kier molecular flexibility index (Phi) is 5.28. The van der Waals surface area contributed by atoms with Crippen molar-refractivity contribution < 1.29 is 17.9 Å². The molecule has 0 aliphatic carbocycles. The van der Waals surface area contributed by atoms with Gasteiger partial charge in [0.1, 0.15) is 5.82 Å². The normalized spacial score (nSPS) is 11.5. The van der Waals surface area contributed by atoms with Crippen LogP contribution in [0.4, 0.5) is 18.9 Å². The van der Waals surface area contributed by atoms with Crippen molar-refractivity contribution in [1.29, 1.82) is 0 Å². The minimum atomic E-state index is -4.41. The molecular formula is C13H14BrF3N4O. The number of hydrogen-bond acceptors (Lipinski definition) is 4. The van der Waals surface area contributed by atoms with E-state index in [0.717, 1.165) is 12.4 Å². The van der Waals surface area contributed by atoms with Gasteiger partial charge in [-0.3, -0.25) is 0 Å². The Morgan fingerprint density at radius 2 is 2.14 bits per heavy atom. The molecule has 0 fully saturated rings. The van der Waals surface area contributed by atoms with Gasteiger partial charge < -0.3 is 14.6 Å². The number of rotatable bonds is 6. The summed E-state index contributed by atoms with van der Waals surface area (Å²) in [4.78, 5) is 8.05. The van der Waals surface area contributed by atoms with Gasteiger partial charge in [0.15, 0.2) is 6.61 Å². The van der Waals surface area contributed by atoms with Gasteiger partial charge in [-0.15, -0.1) is 0 Å². The van der Waals surface area contributed by atoms with Crippen molar-refractivity contribution in [2.45, 2.75) is 26.2 Å². The first kappa shape index (κ1) is 16.6. The van der Waals surface area contributed by atoms with Crippen molar-refractivity contribution in [1.82, 2.24) is 14.5 Å². The highest BCUT2D eigenvalue weighted by Gasteiger charge is 2.29. The van der Waals surface area contributed by atoms with Crippen LogP contribution in [0, 0.1) is 0 Å². The number of aromatic nitrogens is 3. The molecule has 0 bridgehead atoms. The summed E-state index contributed by atoms with van der Waals surface area (Å²) in [6.45, 7) is 1.69. The topological polar surface area (TPSA) is 52.0 Å². The van der Waals surface area contributed by atoms with E-state index in [-0.39, 0.29) is 5.88 Å². The lowest BCUT2D eigenvalue weighted by Crippen LogP contribution is -2.20. The Bertz CT molecular complexity index is 630. The Morgan fingerprint density at radius 3 is 2.82 bits per heavy atom. The molecule has 0 amide bonds. The molecule has 22 heavy (non-hydrogen) atoms. The molecule has 0 aliphatic rings. The number of anilines is 1. The van der Waals surface area contributed by atoms with Crippen LogP contribution in [0.15, 0.2) is 29.1 Å². The van der Waals surface area contributed by atoms with E-state index in [1.165, 1.54) is 6.20 Å². The van der Waals surface area contributed by atoms with Gasteiger partial charge in [0, 0.05) is 29.6 Å². The van der Waals surface area contributed by atoms with Gasteiger partial charge in [0.2, 0.25) is 5.88 Å². The summed E-state index contributed by atoms with van der Waals surface area (Å²) in [6.07, 6.45) is 0.465. The number of ether oxygens (including phenoxy) is 1. The first-order chi connectivity index (χ1) is 10.4. The minimum absolute atomic E-state index is 0.102. The zero-order valence-electron chi connectivity index (χ0n) is 11.7. The van der Waals surface area contributed by atoms with Crippen molar-refractivity contribution in [3.8, 4) is 5.88 Å². The van der Waals surface area contributed by atoms with Crippen LogP contribution < -0.4 is 10.1 Å². The minimum Gasteiger partial charge on any atom is -0.467 e. The van der Waals surface area contributed by atoms with E-state index in [1.807, 2.05) is 17.7 Å². The fourth-order valence-corrected chi connectivity index (χ4v) is 2.12. The molecule has 0 spiro atoms.